The Morgan fingerprint density at radius 3 is 2.59 bits per heavy atom. The first-order valence-corrected chi connectivity index (χ1v) is 8.76. The van der Waals surface area contributed by atoms with E-state index >= 15 is 0 Å². The lowest BCUT2D eigenvalue weighted by atomic mass is 9.92. The molecule has 1 atom stereocenters. The van der Waals surface area contributed by atoms with Gasteiger partial charge in [-0.25, -0.2) is 0 Å². The minimum Gasteiger partial charge on any atom is -0.338 e. The minimum absolute atomic E-state index is 0.111. The van der Waals surface area contributed by atoms with Crippen molar-refractivity contribution in [1.82, 2.24) is 4.90 Å². The fourth-order valence-electron chi connectivity index (χ4n) is 3.37. The molecule has 3 heteroatoms. The quantitative estimate of drug-likeness (QED) is 0.868. The van der Waals surface area contributed by atoms with E-state index in [2.05, 4.69) is 39.0 Å². The number of carbonyl (C=O) groups excluding carboxylic acids is 1. The summed E-state index contributed by atoms with van der Waals surface area (Å²) in [5.74, 6) is 0.492. The van der Waals surface area contributed by atoms with Crippen molar-refractivity contribution in [3.8, 4) is 0 Å². The van der Waals surface area contributed by atoms with Crippen LogP contribution < -0.4 is 5.73 Å². The van der Waals surface area contributed by atoms with Gasteiger partial charge in [0.25, 0.3) is 0 Å². The average molecular weight is 302 g/mol. The second-order valence-corrected chi connectivity index (χ2v) is 6.45. The van der Waals surface area contributed by atoms with Crippen molar-refractivity contribution in [2.75, 3.05) is 6.54 Å². The Labute approximate surface area is 134 Å². The van der Waals surface area contributed by atoms with Crippen LogP contribution in [0, 0.1) is 5.92 Å². The van der Waals surface area contributed by atoms with Gasteiger partial charge in [0.15, 0.2) is 0 Å². The van der Waals surface area contributed by atoms with E-state index in [1.165, 1.54) is 16.7 Å². The van der Waals surface area contributed by atoms with Crippen LogP contribution in [-0.4, -0.2) is 17.4 Å². The van der Waals surface area contributed by atoms with Gasteiger partial charge >= 0.3 is 0 Å². The smallest absolute Gasteiger partial charge is 0.225 e. The summed E-state index contributed by atoms with van der Waals surface area (Å²) in [6, 6.07) is 6.71. The highest BCUT2D eigenvalue weighted by molar-refractivity contribution is 5.79. The summed E-state index contributed by atoms with van der Waals surface area (Å²) >= 11 is 0. The molecule has 1 unspecified atom stereocenters. The number of nitrogens with two attached hydrogens (primary N) is 1. The lowest BCUT2D eigenvalue weighted by Crippen LogP contribution is -2.39. The Bertz CT molecular complexity index is 508. The van der Waals surface area contributed by atoms with Crippen LogP contribution >= 0.6 is 0 Å². The molecule has 0 fully saturated rings. The number of nitrogens with zero attached hydrogens (tertiary/aromatic N) is 1. The van der Waals surface area contributed by atoms with Gasteiger partial charge in [0, 0.05) is 25.0 Å². The predicted octanol–water partition coefficient (Wildman–Crippen LogP) is 3.81. The number of amides is 1. The molecule has 0 aliphatic carbocycles. The van der Waals surface area contributed by atoms with E-state index in [0.717, 1.165) is 45.2 Å². The Balaban J connectivity index is 2.14. The van der Waals surface area contributed by atoms with Gasteiger partial charge < -0.3 is 10.6 Å². The molecule has 0 radical (unpaired) electrons. The highest BCUT2D eigenvalue weighted by Gasteiger charge is 2.25. The second-order valence-electron chi connectivity index (χ2n) is 6.45. The summed E-state index contributed by atoms with van der Waals surface area (Å²) in [5.41, 5.74) is 10.1. The summed E-state index contributed by atoms with van der Waals surface area (Å²) < 4.78 is 0. The van der Waals surface area contributed by atoms with E-state index in [-0.39, 0.29) is 12.0 Å². The van der Waals surface area contributed by atoms with E-state index in [9.17, 15) is 4.79 Å². The van der Waals surface area contributed by atoms with Crippen molar-refractivity contribution in [2.45, 2.75) is 65.5 Å². The normalized spacial score (nSPS) is 15.8. The SMILES string of the molecule is CCCC(N)c1ccc2c(c1)CN(C(=O)C(CC)CC)CC2. The minimum atomic E-state index is 0.111. The largest absolute Gasteiger partial charge is 0.338 e. The van der Waals surface area contributed by atoms with Gasteiger partial charge in [0.1, 0.15) is 0 Å². The molecular formula is C19H30N2O. The van der Waals surface area contributed by atoms with Gasteiger partial charge in [-0.2, -0.15) is 0 Å². The van der Waals surface area contributed by atoms with Crippen molar-refractivity contribution in [3.63, 3.8) is 0 Å². The van der Waals surface area contributed by atoms with Gasteiger partial charge in [0.2, 0.25) is 5.91 Å². The zero-order valence-corrected chi connectivity index (χ0v) is 14.3. The third-order valence-corrected chi connectivity index (χ3v) is 4.92. The molecule has 0 spiro atoms. The monoisotopic (exact) mass is 302 g/mol. The van der Waals surface area contributed by atoms with Crippen LogP contribution in [0.15, 0.2) is 18.2 Å². The highest BCUT2D eigenvalue weighted by atomic mass is 16.2. The summed E-state index contributed by atoms with van der Waals surface area (Å²) in [6.07, 6.45) is 4.93. The van der Waals surface area contributed by atoms with Crippen molar-refractivity contribution in [2.24, 2.45) is 11.7 Å². The highest BCUT2D eigenvalue weighted by Crippen LogP contribution is 2.26. The molecule has 1 heterocycles. The molecule has 1 amide bonds. The van der Waals surface area contributed by atoms with Gasteiger partial charge in [-0.3, -0.25) is 4.79 Å². The fraction of sp³-hybridized carbons (Fsp3) is 0.632. The summed E-state index contributed by atoms with van der Waals surface area (Å²) in [7, 11) is 0. The topological polar surface area (TPSA) is 46.3 Å². The van der Waals surface area contributed by atoms with Crippen LogP contribution in [0.4, 0.5) is 0 Å². The Kier molecular flexibility index (Phi) is 6.01. The molecule has 122 valence electrons. The van der Waals surface area contributed by atoms with Crippen LogP contribution in [-0.2, 0) is 17.8 Å². The van der Waals surface area contributed by atoms with Gasteiger partial charge in [-0.15, -0.1) is 0 Å². The van der Waals surface area contributed by atoms with Crippen molar-refractivity contribution < 1.29 is 4.79 Å². The molecule has 1 aliphatic heterocycles. The van der Waals surface area contributed by atoms with Gasteiger partial charge in [-0.05, 0) is 42.4 Å². The van der Waals surface area contributed by atoms with Crippen LogP contribution in [0.1, 0.15) is 69.2 Å². The van der Waals surface area contributed by atoms with Gasteiger partial charge in [-0.1, -0.05) is 45.4 Å². The number of hydrogen-bond acceptors (Lipinski definition) is 2. The Morgan fingerprint density at radius 2 is 1.95 bits per heavy atom. The van der Waals surface area contributed by atoms with E-state index in [1.807, 2.05) is 4.90 Å². The molecule has 0 saturated carbocycles. The lowest BCUT2D eigenvalue weighted by Gasteiger charge is -2.32. The number of rotatable bonds is 6. The standard InChI is InChI=1S/C19H30N2O/c1-4-7-18(20)16-9-8-15-10-11-21(13-17(15)12-16)19(22)14(5-2)6-3/h8-9,12,14,18H,4-7,10-11,13,20H2,1-3H3. The third kappa shape index (κ3) is 3.70. The fourth-order valence-corrected chi connectivity index (χ4v) is 3.37. The molecule has 0 saturated heterocycles. The average Bonchev–Trinajstić information content (AvgIpc) is 2.55. The molecule has 1 aromatic rings. The number of benzene rings is 1. The maximum Gasteiger partial charge on any atom is 0.225 e. The van der Waals surface area contributed by atoms with E-state index in [0.29, 0.717) is 5.91 Å². The zero-order valence-electron chi connectivity index (χ0n) is 14.3. The molecule has 2 rings (SSSR count). The van der Waals surface area contributed by atoms with Crippen LogP contribution in [0.5, 0.6) is 0 Å². The Hall–Kier alpha value is -1.35. The molecular weight excluding hydrogens is 272 g/mol. The second kappa shape index (κ2) is 7.77. The van der Waals surface area contributed by atoms with Crippen LogP contribution in [0.25, 0.3) is 0 Å². The number of hydrogen-bond donors (Lipinski definition) is 1. The van der Waals surface area contributed by atoms with Crippen LogP contribution in [0.2, 0.25) is 0 Å². The van der Waals surface area contributed by atoms with Gasteiger partial charge in [0.05, 0.1) is 0 Å². The van der Waals surface area contributed by atoms with E-state index < -0.39 is 0 Å². The first-order chi connectivity index (χ1) is 10.6. The van der Waals surface area contributed by atoms with Crippen molar-refractivity contribution >= 4 is 5.91 Å². The van der Waals surface area contributed by atoms with Crippen LogP contribution in [0.3, 0.4) is 0 Å². The molecule has 1 aromatic carbocycles. The first-order valence-electron chi connectivity index (χ1n) is 8.76. The molecule has 2 N–H and O–H groups in total. The summed E-state index contributed by atoms with van der Waals surface area (Å²) in [6.45, 7) is 7.96. The summed E-state index contributed by atoms with van der Waals surface area (Å²) in [5, 5.41) is 0. The maximum atomic E-state index is 12.6. The zero-order chi connectivity index (χ0) is 16.1. The van der Waals surface area contributed by atoms with E-state index in [1.54, 1.807) is 0 Å². The molecule has 0 bridgehead atoms. The molecule has 0 aromatic heterocycles. The number of carbonyl (C=O) groups is 1. The molecule has 3 nitrogen and oxygen atoms in total. The van der Waals surface area contributed by atoms with Crippen molar-refractivity contribution in [1.29, 1.82) is 0 Å². The number of fused-ring (bicyclic) bond motifs is 1. The molecule has 22 heavy (non-hydrogen) atoms. The summed E-state index contributed by atoms with van der Waals surface area (Å²) in [4.78, 5) is 14.6. The molecule has 1 aliphatic rings. The van der Waals surface area contributed by atoms with E-state index in [4.69, 9.17) is 5.73 Å². The first kappa shape index (κ1) is 17.0. The predicted molar refractivity (Wildman–Crippen MR) is 91.5 cm³/mol. The Morgan fingerprint density at radius 1 is 1.23 bits per heavy atom. The lowest BCUT2D eigenvalue weighted by molar-refractivity contribution is -0.136. The third-order valence-electron chi connectivity index (χ3n) is 4.92. The maximum absolute atomic E-state index is 12.6. The van der Waals surface area contributed by atoms with Crippen molar-refractivity contribution in [3.05, 3.63) is 34.9 Å².